The van der Waals surface area contributed by atoms with Crippen LogP contribution in [0.5, 0.6) is 0 Å². The maximum atomic E-state index is 12.3. The number of hydrogen-bond acceptors (Lipinski definition) is 5. The molecule has 0 fully saturated rings. The number of hydrogen-bond donors (Lipinski definition) is 0. The Hall–Kier alpha value is -3.03. The third kappa shape index (κ3) is 1.88. The number of imide groups is 1. The molecule has 0 atom stereocenters. The molecule has 1 aliphatic heterocycles. The highest BCUT2D eigenvalue weighted by Crippen LogP contribution is 2.26. The van der Waals surface area contributed by atoms with Crippen LogP contribution in [0.4, 0.5) is 5.69 Å². The number of nitrogens with zero attached hydrogens (tertiary/aromatic N) is 4. The van der Waals surface area contributed by atoms with Crippen molar-refractivity contribution >= 4 is 17.5 Å². The first-order valence-corrected chi connectivity index (χ1v) is 6.55. The fourth-order valence-electron chi connectivity index (χ4n) is 2.59. The molecule has 1 aliphatic rings. The highest BCUT2D eigenvalue weighted by molar-refractivity contribution is 6.21. The number of carbonyl (C=O) groups excluding carboxylic acids is 2. The predicted octanol–water partition coefficient (Wildman–Crippen LogP) is 1.66. The first kappa shape index (κ1) is 13.9. The maximum absolute atomic E-state index is 12.3. The topological polar surface area (TPSA) is 98.3 Å². The summed E-state index contributed by atoms with van der Waals surface area (Å²) >= 11 is 0. The van der Waals surface area contributed by atoms with Gasteiger partial charge in [-0.2, -0.15) is 5.10 Å². The highest BCUT2D eigenvalue weighted by atomic mass is 16.6. The van der Waals surface area contributed by atoms with Gasteiger partial charge >= 0.3 is 5.69 Å². The van der Waals surface area contributed by atoms with Gasteiger partial charge in [0.1, 0.15) is 18.1 Å². The lowest BCUT2D eigenvalue weighted by atomic mass is 10.1. The molecule has 0 unspecified atom stereocenters. The lowest BCUT2D eigenvalue weighted by molar-refractivity contribution is -0.386. The van der Waals surface area contributed by atoms with Gasteiger partial charge in [-0.15, -0.1) is 0 Å². The summed E-state index contributed by atoms with van der Waals surface area (Å²) in [6.07, 6.45) is 0. The standard InChI is InChI=1S/C14H12N4O4/c1-8-12(18(21)22)9(2)17(15-8)7-16-13(19)10-5-3-4-6-11(10)14(16)20/h3-6H,7H2,1-2H3. The molecule has 0 aliphatic carbocycles. The highest BCUT2D eigenvalue weighted by Gasteiger charge is 2.36. The minimum absolute atomic E-state index is 0.100. The molecule has 8 nitrogen and oxygen atoms in total. The van der Waals surface area contributed by atoms with Crippen LogP contribution in [0.1, 0.15) is 32.1 Å². The third-order valence-corrected chi connectivity index (χ3v) is 3.68. The lowest BCUT2D eigenvalue weighted by Crippen LogP contribution is -2.32. The summed E-state index contributed by atoms with van der Waals surface area (Å²) in [5.41, 5.74) is 1.13. The van der Waals surface area contributed by atoms with Gasteiger partial charge in [-0.25, -0.2) is 4.68 Å². The van der Waals surface area contributed by atoms with E-state index in [1.807, 2.05) is 0 Å². The average molecular weight is 300 g/mol. The van der Waals surface area contributed by atoms with Gasteiger partial charge < -0.3 is 0 Å². The smallest absolute Gasteiger partial charge is 0.269 e. The Bertz CT molecular complexity index is 789. The second kappa shape index (κ2) is 4.76. The van der Waals surface area contributed by atoms with Crippen molar-refractivity contribution in [1.82, 2.24) is 14.7 Å². The Kier molecular flexibility index (Phi) is 3.01. The molecule has 2 aromatic rings. The quantitative estimate of drug-likeness (QED) is 0.487. The van der Waals surface area contributed by atoms with E-state index in [-0.39, 0.29) is 18.1 Å². The average Bonchev–Trinajstić information content (AvgIpc) is 2.89. The SMILES string of the molecule is Cc1nn(CN2C(=O)c3ccccc3C2=O)c(C)c1[N+](=O)[O-]. The summed E-state index contributed by atoms with van der Waals surface area (Å²) in [4.78, 5) is 36.1. The largest absolute Gasteiger partial charge is 0.312 e. The Balaban J connectivity index is 1.96. The zero-order valence-corrected chi connectivity index (χ0v) is 11.9. The van der Waals surface area contributed by atoms with Crippen LogP contribution in [0.25, 0.3) is 0 Å². The Labute approximate surface area is 125 Å². The van der Waals surface area contributed by atoms with Crippen LogP contribution in [0, 0.1) is 24.0 Å². The van der Waals surface area contributed by atoms with Crippen LogP contribution < -0.4 is 0 Å². The van der Waals surface area contributed by atoms with Gasteiger partial charge in [0, 0.05) is 0 Å². The van der Waals surface area contributed by atoms with E-state index >= 15 is 0 Å². The first-order valence-electron chi connectivity index (χ1n) is 6.55. The molecule has 3 rings (SSSR count). The molecule has 0 spiro atoms. The van der Waals surface area contributed by atoms with Crippen LogP contribution in [-0.4, -0.2) is 31.4 Å². The number of amides is 2. The molecule has 0 bridgehead atoms. The number of rotatable bonds is 3. The molecule has 1 aromatic heterocycles. The molecule has 1 aromatic carbocycles. The Morgan fingerprint density at radius 1 is 1.14 bits per heavy atom. The first-order chi connectivity index (χ1) is 10.4. The van der Waals surface area contributed by atoms with Crippen LogP contribution in [0.3, 0.4) is 0 Å². The van der Waals surface area contributed by atoms with E-state index in [1.165, 1.54) is 18.5 Å². The predicted molar refractivity (Wildman–Crippen MR) is 75.3 cm³/mol. The van der Waals surface area contributed by atoms with Crippen molar-refractivity contribution in [3.05, 3.63) is 56.9 Å². The lowest BCUT2D eigenvalue weighted by Gasteiger charge is -2.14. The zero-order chi connectivity index (χ0) is 16.0. The number of fused-ring (bicyclic) bond motifs is 1. The molecule has 22 heavy (non-hydrogen) atoms. The molecule has 0 N–H and O–H groups in total. The fraction of sp³-hybridized carbons (Fsp3) is 0.214. The summed E-state index contributed by atoms with van der Waals surface area (Å²) < 4.78 is 1.30. The molecule has 0 saturated carbocycles. The second-order valence-corrected chi connectivity index (χ2v) is 5.00. The molecule has 2 amide bonds. The van der Waals surface area contributed by atoms with Crippen LogP contribution in [0.15, 0.2) is 24.3 Å². The molecule has 2 heterocycles. The number of carbonyl (C=O) groups is 2. The Morgan fingerprint density at radius 2 is 1.68 bits per heavy atom. The van der Waals surface area contributed by atoms with Gasteiger partial charge in [0.15, 0.2) is 0 Å². The number of nitro groups is 1. The van der Waals surface area contributed by atoms with Gasteiger partial charge in [-0.05, 0) is 26.0 Å². The van der Waals surface area contributed by atoms with Crippen molar-refractivity contribution < 1.29 is 14.5 Å². The summed E-state index contributed by atoms with van der Waals surface area (Å²) in [5, 5.41) is 15.1. The summed E-state index contributed by atoms with van der Waals surface area (Å²) in [7, 11) is 0. The summed E-state index contributed by atoms with van der Waals surface area (Å²) in [6, 6.07) is 6.53. The van der Waals surface area contributed by atoms with E-state index in [4.69, 9.17) is 0 Å². The van der Waals surface area contributed by atoms with E-state index in [2.05, 4.69) is 5.10 Å². The van der Waals surface area contributed by atoms with Gasteiger partial charge in [-0.1, -0.05) is 12.1 Å². The minimum Gasteiger partial charge on any atom is -0.269 e. The van der Waals surface area contributed by atoms with Gasteiger partial charge in [-0.3, -0.25) is 24.6 Å². The molecular weight excluding hydrogens is 288 g/mol. The number of benzene rings is 1. The monoisotopic (exact) mass is 300 g/mol. The summed E-state index contributed by atoms with van der Waals surface area (Å²) in [6.45, 7) is 2.91. The van der Waals surface area contributed by atoms with Crippen molar-refractivity contribution in [2.75, 3.05) is 0 Å². The van der Waals surface area contributed by atoms with Crippen LogP contribution >= 0.6 is 0 Å². The van der Waals surface area contributed by atoms with E-state index in [1.54, 1.807) is 24.3 Å². The molecule has 8 heteroatoms. The van der Waals surface area contributed by atoms with Crippen molar-refractivity contribution in [3.8, 4) is 0 Å². The summed E-state index contributed by atoms with van der Waals surface area (Å²) in [5.74, 6) is -0.841. The van der Waals surface area contributed by atoms with E-state index < -0.39 is 16.7 Å². The van der Waals surface area contributed by atoms with E-state index in [0.29, 0.717) is 16.8 Å². The van der Waals surface area contributed by atoms with Crippen LogP contribution in [-0.2, 0) is 6.67 Å². The number of aromatic nitrogens is 2. The van der Waals surface area contributed by atoms with Gasteiger partial charge in [0.05, 0.1) is 16.1 Å². The van der Waals surface area contributed by atoms with Crippen molar-refractivity contribution in [1.29, 1.82) is 0 Å². The fourth-order valence-corrected chi connectivity index (χ4v) is 2.59. The van der Waals surface area contributed by atoms with E-state index in [9.17, 15) is 19.7 Å². The van der Waals surface area contributed by atoms with Gasteiger partial charge in [0.25, 0.3) is 11.8 Å². The number of aryl methyl sites for hydroxylation is 1. The second-order valence-electron chi connectivity index (χ2n) is 5.00. The van der Waals surface area contributed by atoms with E-state index in [0.717, 1.165) is 4.90 Å². The van der Waals surface area contributed by atoms with Crippen molar-refractivity contribution in [3.63, 3.8) is 0 Å². The third-order valence-electron chi connectivity index (χ3n) is 3.68. The maximum Gasteiger partial charge on any atom is 0.312 e. The Morgan fingerprint density at radius 3 is 2.14 bits per heavy atom. The van der Waals surface area contributed by atoms with Gasteiger partial charge in [0.2, 0.25) is 0 Å². The molecular formula is C14H12N4O4. The normalized spacial score (nSPS) is 13.6. The molecule has 0 saturated heterocycles. The van der Waals surface area contributed by atoms with Crippen molar-refractivity contribution in [2.24, 2.45) is 0 Å². The van der Waals surface area contributed by atoms with Crippen molar-refractivity contribution in [2.45, 2.75) is 20.5 Å². The zero-order valence-electron chi connectivity index (χ0n) is 11.9. The minimum atomic E-state index is -0.517. The van der Waals surface area contributed by atoms with Crippen LogP contribution in [0.2, 0.25) is 0 Å². The molecule has 0 radical (unpaired) electrons. The molecule has 112 valence electrons.